The first-order valence-electron chi connectivity index (χ1n) is 10.9. The number of rotatable bonds is 10. The second kappa shape index (κ2) is 10.6. The monoisotopic (exact) mass is 398 g/mol. The SMILES string of the molecule is CCCCCc1c(-c2ccccn2)c(C(N)=O)c(C)n1CCCN1CCOCC1. The van der Waals surface area contributed by atoms with Crippen LogP contribution in [0.25, 0.3) is 11.3 Å². The molecule has 0 aromatic carbocycles. The molecule has 3 rings (SSSR count). The second-order valence-corrected chi connectivity index (χ2v) is 7.78. The number of primary amides is 1. The molecule has 1 aliphatic heterocycles. The second-order valence-electron chi connectivity index (χ2n) is 7.78. The fourth-order valence-electron chi connectivity index (χ4n) is 4.27. The molecule has 29 heavy (non-hydrogen) atoms. The van der Waals surface area contributed by atoms with Crippen molar-refractivity contribution in [3.05, 3.63) is 41.3 Å². The third kappa shape index (κ3) is 5.25. The normalized spacial score (nSPS) is 15.0. The summed E-state index contributed by atoms with van der Waals surface area (Å²) in [7, 11) is 0. The molecule has 0 bridgehead atoms. The summed E-state index contributed by atoms with van der Waals surface area (Å²) < 4.78 is 7.77. The molecule has 2 N–H and O–H groups in total. The van der Waals surface area contributed by atoms with Gasteiger partial charge in [-0.3, -0.25) is 14.7 Å². The third-order valence-corrected chi connectivity index (χ3v) is 5.78. The van der Waals surface area contributed by atoms with Crippen molar-refractivity contribution in [2.45, 2.75) is 52.5 Å². The van der Waals surface area contributed by atoms with E-state index in [2.05, 4.69) is 21.4 Å². The van der Waals surface area contributed by atoms with Gasteiger partial charge in [-0.15, -0.1) is 0 Å². The highest BCUT2D eigenvalue weighted by atomic mass is 16.5. The van der Waals surface area contributed by atoms with Crippen LogP contribution in [-0.2, 0) is 17.7 Å². The molecule has 2 aromatic rings. The Morgan fingerprint density at radius 2 is 1.97 bits per heavy atom. The zero-order valence-electron chi connectivity index (χ0n) is 17.8. The topological polar surface area (TPSA) is 73.4 Å². The zero-order chi connectivity index (χ0) is 20.6. The quantitative estimate of drug-likeness (QED) is 0.623. The molecular formula is C23H34N4O2. The maximum atomic E-state index is 12.4. The minimum absolute atomic E-state index is 0.369. The number of pyridine rings is 1. The van der Waals surface area contributed by atoms with E-state index in [0.717, 1.165) is 82.0 Å². The number of hydrogen-bond acceptors (Lipinski definition) is 4. The van der Waals surface area contributed by atoms with E-state index in [-0.39, 0.29) is 5.91 Å². The van der Waals surface area contributed by atoms with Crippen LogP contribution < -0.4 is 5.73 Å². The molecule has 6 nitrogen and oxygen atoms in total. The van der Waals surface area contributed by atoms with Crippen LogP contribution >= 0.6 is 0 Å². The highest BCUT2D eigenvalue weighted by Gasteiger charge is 2.25. The Labute approximate surface area is 174 Å². The lowest BCUT2D eigenvalue weighted by Gasteiger charge is -2.26. The average molecular weight is 399 g/mol. The van der Waals surface area contributed by atoms with E-state index in [1.165, 1.54) is 12.1 Å². The fourth-order valence-corrected chi connectivity index (χ4v) is 4.27. The lowest BCUT2D eigenvalue weighted by Crippen LogP contribution is -2.37. The molecule has 2 aromatic heterocycles. The minimum Gasteiger partial charge on any atom is -0.379 e. The van der Waals surface area contributed by atoms with Crippen LogP contribution in [0.15, 0.2) is 24.4 Å². The van der Waals surface area contributed by atoms with Crippen molar-refractivity contribution in [2.24, 2.45) is 5.73 Å². The van der Waals surface area contributed by atoms with E-state index in [1.807, 2.05) is 25.1 Å². The Balaban J connectivity index is 1.91. The van der Waals surface area contributed by atoms with Crippen LogP contribution in [0.3, 0.4) is 0 Å². The summed E-state index contributed by atoms with van der Waals surface area (Å²) in [5.41, 5.74) is 10.4. The summed E-state index contributed by atoms with van der Waals surface area (Å²) in [6, 6.07) is 5.84. The van der Waals surface area contributed by atoms with Gasteiger partial charge in [-0.05, 0) is 38.3 Å². The number of morpholine rings is 1. The molecule has 0 radical (unpaired) electrons. The number of carbonyl (C=O) groups is 1. The van der Waals surface area contributed by atoms with Crippen molar-refractivity contribution in [1.29, 1.82) is 0 Å². The van der Waals surface area contributed by atoms with E-state index in [4.69, 9.17) is 10.5 Å². The zero-order valence-corrected chi connectivity index (χ0v) is 17.8. The fraction of sp³-hybridized carbons (Fsp3) is 0.565. The Hall–Kier alpha value is -2.18. The molecule has 6 heteroatoms. The Bertz CT molecular complexity index is 795. The van der Waals surface area contributed by atoms with Crippen LogP contribution in [0.5, 0.6) is 0 Å². The number of aromatic nitrogens is 2. The van der Waals surface area contributed by atoms with Gasteiger partial charge in [-0.25, -0.2) is 0 Å². The van der Waals surface area contributed by atoms with Crippen molar-refractivity contribution in [1.82, 2.24) is 14.5 Å². The standard InChI is InChI=1S/C23H34N4O2/c1-3-4-5-10-20-22(19-9-6-7-11-25-19)21(23(24)28)18(2)27(20)13-8-12-26-14-16-29-17-15-26/h6-7,9,11H,3-5,8,10,12-17H2,1-2H3,(H2,24,28). The summed E-state index contributed by atoms with van der Waals surface area (Å²) in [5.74, 6) is -0.369. The predicted molar refractivity (Wildman–Crippen MR) is 116 cm³/mol. The van der Waals surface area contributed by atoms with Crippen LogP contribution in [0.1, 0.15) is 54.4 Å². The number of hydrogen-bond donors (Lipinski definition) is 1. The van der Waals surface area contributed by atoms with Crippen molar-refractivity contribution >= 4 is 5.91 Å². The van der Waals surface area contributed by atoms with Gasteiger partial charge < -0.3 is 15.0 Å². The number of ether oxygens (including phenoxy) is 1. The number of amides is 1. The van der Waals surface area contributed by atoms with E-state index < -0.39 is 0 Å². The lowest BCUT2D eigenvalue weighted by molar-refractivity contribution is 0.0369. The molecule has 0 saturated carbocycles. The summed E-state index contributed by atoms with van der Waals surface area (Å²) in [6.07, 6.45) is 7.19. The number of nitrogens with two attached hydrogens (primary N) is 1. The molecule has 0 spiro atoms. The first-order chi connectivity index (χ1) is 14.1. The Morgan fingerprint density at radius 1 is 1.17 bits per heavy atom. The Kier molecular flexibility index (Phi) is 7.83. The molecule has 0 atom stereocenters. The van der Waals surface area contributed by atoms with Gasteiger partial charge in [0.25, 0.3) is 5.91 Å². The van der Waals surface area contributed by atoms with Crippen LogP contribution in [0.2, 0.25) is 0 Å². The van der Waals surface area contributed by atoms with Gasteiger partial charge in [0.1, 0.15) is 0 Å². The van der Waals surface area contributed by atoms with E-state index in [1.54, 1.807) is 6.20 Å². The smallest absolute Gasteiger partial charge is 0.251 e. The van der Waals surface area contributed by atoms with Gasteiger partial charge in [0.15, 0.2) is 0 Å². The van der Waals surface area contributed by atoms with Crippen LogP contribution in [-0.4, -0.2) is 53.2 Å². The van der Waals surface area contributed by atoms with Crippen LogP contribution in [0, 0.1) is 6.92 Å². The molecule has 1 amide bonds. The van der Waals surface area contributed by atoms with Crippen molar-refractivity contribution < 1.29 is 9.53 Å². The highest BCUT2D eigenvalue weighted by molar-refractivity contribution is 6.01. The molecule has 3 heterocycles. The third-order valence-electron chi connectivity index (χ3n) is 5.78. The first kappa shape index (κ1) is 21.5. The van der Waals surface area contributed by atoms with Gasteiger partial charge >= 0.3 is 0 Å². The first-order valence-corrected chi connectivity index (χ1v) is 10.9. The summed E-state index contributed by atoms with van der Waals surface area (Å²) >= 11 is 0. The highest BCUT2D eigenvalue weighted by Crippen LogP contribution is 2.33. The van der Waals surface area contributed by atoms with Gasteiger partial charge in [-0.1, -0.05) is 25.8 Å². The number of nitrogens with zero attached hydrogens (tertiary/aromatic N) is 3. The van der Waals surface area contributed by atoms with E-state index in [0.29, 0.717) is 5.56 Å². The number of carbonyl (C=O) groups excluding carboxylic acids is 1. The molecule has 1 aliphatic rings. The largest absolute Gasteiger partial charge is 0.379 e. The van der Waals surface area contributed by atoms with Gasteiger partial charge in [0.05, 0.1) is 24.5 Å². The van der Waals surface area contributed by atoms with Crippen molar-refractivity contribution in [3.63, 3.8) is 0 Å². The van der Waals surface area contributed by atoms with Crippen molar-refractivity contribution in [3.8, 4) is 11.3 Å². The predicted octanol–water partition coefficient (Wildman–Crippen LogP) is 3.41. The molecule has 0 aliphatic carbocycles. The molecule has 1 saturated heterocycles. The maximum Gasteiger partial charge on any atom is 0.251 e. The Morgan fingerprint density at radius 3 is 2.62 bits per heavy atom. The summed E-state index contributed by atoms with van der Waals surface area (Å²) in [4.78, 5) is 19.4. The van der Waals surface area contributed by atoms with E-state index in [9.17, 15) is 4.79 Å². The molecule has 0 unspecified atom stereocenters. The van der Waals surface area contributed by atoms with Crippen molar-refractivity contribution in [2.75, 3.05) is 32.8 Å². The lowest BCUT2D eigenvalue weighted by atomic mass is 10.0. The average Bonchev–Trinajstić information content (AvgIpc) is 3.02. The van der Waals surface area contributed by atoms with Gasteiger partial charge in [-0.2, -0.15) is 0 Å². The molecule has 1 fully saturated rings. The maximum absolute atomic E-state index is 12.4. The molecular weight excluding hydrogens is 364 g/mol. The summed E-state index contributed by atoms with van der Waals surface area (Å²) in [5, 5.41) is 0. The minimum atomic E-state index is -0.369. The molecule has 158 valence electrons. The van der Waals surface area contributed by atoms with Gasteiger partial charge in [0.2, 0.25) is 0 Å². The number of unbranched alkanes of at least 4 members (excludes halogenated alkanes) is 2. The van der Waals surface area contributed by atoms with Crippen LogP contribution in [0.4, 0.5) is 0 Å². The summed E-state index contributed by atoms with van der Waals surface area (Å²) in [6.45, 7) is 9.80. The van der Waals surface area contributed by atoms with E-state index >= 15 is 0 Å². The van der Waals surface area contributed by atoms with Gasteiger partial charge in [0, 0.05) is 49.3 Å².